The first-order valence-electron chi connectivity index (χ1n) is 5.52. The van der Waals surface area contributed by atoms with Gasteiger partial charge >= 0.3 is 5.97 Å². The fraction of sp³-hybridized carbons (Fsp3) is 0.417. The summed E-state index contributed by atoms with van der Waals surface area (Å²) in [6, 6.07) is 7.00. The number of aliphatic hydroxyl groups excluding tert-OH is 4. The first-order chi connectivity index (χ1) is 8.85. The molecule has 7 nitrogen and oxygen atoms in total. The average molecular weight is 272 g/mol. The molecular weight excluding hydrogens is 256 g/mol. The van der Waals surface area contributed by atoms with E-state index >= 15 is 0 Å². The van der Waals surface area contributed by atoms with Gasteiger partial charge in [-0.15, -0.1) is 0 Å². The van der Waals surface area contributed by atoms with Crippen molar-refractivity contribution in [2.75, 3.05) is 6.61 Å². The van der Waals surface area contributed by atoms with Crippen LogP contribution in [-0.2, 0) is 10.4 Å². The van der Waals surface area contributed by atoms with Crippen molar-refractivity contribution in [3.8, 4) is 0 Å². The quantitative estimate of drug-likeness (QED) is 0.353. The van der Waals surface area contributed by atoms with E-state index < -0.39 is 36.5 Å². The highest BCUT2D eigenvalue weighted by molar-refractivity contribution is 5.80. The largest absolute Gasteiger partial charge is 0.479 e. The average Bonchev–Trinajstić information content (AvgIpc) is 2.44. The van der Waals surface area contributed by atoms with E-state index in [2.05, 4.69) is 0 Å². The minimum atomic E-state index is -2.79. The van der Waals surface area contributed by atoms with Gasteiger partial charge in [0.15, 0.2) is 0 Å². The third-order valence-corrected chi connectivity index (χ3v) is 2.87. The van der Waals surface area contributed by atoms with Crippen LogP contribution in [0.1, 0.15) is 5.56 Å². The molecule has 7 heteroatoms. The molecule has 0 heterocycles. The maximum atomic E-state index is 11.2. The van der Waals surface area contributed by atoms with Crippen LogP contribution in [-0.4, -0.2) is 61.5 Å². The van der Waals surface area contributed by atoms with Gasteiger partial charge in [0.1, 0.15) is 18.3 Å². The molecule has 0 amide bonds. The van der Waals surface area contributed by atoms with E-state index in [1.54, 1.807) is 6.07 Å². The predicted octanol–water partition coefficient (Wildman–Crippen LogP) is -1.97. The lowest BCUT2D eigenvalue weighted by atomic mass is 9.84. The molecule has 0 radical (unpaired) electrons. The molecule has 0 aromatic heterocycles. The van der Waals surface area contributed by atoms with Crippen LogP contribution >= 0.6 is 0 Å². The highest BCUT2D eigenvalue weighted by atomic mass is 16.4. The van der Waals surface area contributed by atoms with Gasteiger partial charge in [0.05, 0.1) is 6.61 Å². The van der Waals surface area contributed by atoms with E-state index in [4.69, 9.17) is 10.2 Å². The topological polar surface area (TPSA) is 138 Å². The van der Waals surface area contributed by atoms with Crippen LogP contribution < -0.4 is 0 Å². The number of carboxylic acid groups (broad SMARTS) is 1. The van der Waals surface area contributed by atoms with Gasteiger partial charge in [0, 0.05) is 0 Å². The molecule has 0 unspecified atom stereocenters. The monoisotopic (exact) mass is 272 g/mol. The lowest BCUT2D eigenvalue weighted by Gasteiger charge is -2.33. The molecule has 106 valence electrons. The summed E-state index contributed by atoms with van der Waals surface area (Å²) in [5, 5.41) is 56.5. The summed E-state index contributed by atoms with van der Waals surface area (Å²) in [6.07, 6.45) is -6.01. The highest BCUT2D eigenvalue weighted by Gasteiger charge is 2.49. The number of carbonyl (C=O) groups is 1. The Kier molecular flexibility index (Phi) is 4.98. The van der Waals surface area contributed by atoms with Gasteiger partial charge in [-0.05, 0) is 5.56 Å². The van der Waals surface area contributed by atoms with E-state index in [-0.39, 0.29) is 5.56 Å². The van der Waals surface area contributed by atoms with Gasteiger partial charge in [-0.25, -0.2) is 4.79 Å². The van der Waals surface area contributed by atoms with E-state index in [1.165, 1.54) is 24.3 Å². The minimum Gasteiger partial charge on any atom is -0.479 e. The van der Waals surface area contributed by atoms with Crippen molar-refractivity contribution in [1.29, 1.82) is 0 Å². The molecule has 0 aliphatic heterocycles. The van der Waals surface area contributed by atoms with Crippen molar-refractivity contribution < 1.29 is 35.4 Å². The number of aliphatic carboxylic acids is 1. The number of hydrogen-bond acceptors (Lipinski definition) is 6. The van der Waals surface area contributed by atoms with Crippen LogP contribution in [0.4, 0.5) is 0 Å². The molecule has 0 saturated heterocycles. The third kappa shape index (κ3) is 2.91. The number of carboxylic acids is 1. The zero-order valence-corrected chi connectivity index (χ0v) is 9.92. The van der Waals surface area contributed by atoms with Crippen molar-refractivity contribution >= 4 is 5.97 Å². The fourth-order valence-electron chi connectivity index (χ4n) is 1.68. The Balaban J connectivity index is 3.17. The smallest absolute Gasteiger partial charge is 0.343 e. The van der Waals surface area contributed by atoms with Crippen LogP contribution in [0, 0.1) is 0 Å². The Morgan fingerprint density at radius 3 is 2.11 bits per heavy atom. The minimum absolute atomic E-state index is 0.154. The SMILES string of the molecule is O=C(O)[C@@](O)(c1ccccc1)[C@H](O)[C@H](O)[C@H](O)CO. The van der Waals surface area contributed by atoms with Gasteiger partial charge < -0.3 is 30.6 Å². The van der Waals surface area contributed by atoms with Gasteiger partial charge in [0.2, 0.25) is 5.60 Å². The third-order valence-electron chi connectivity index (χ3n) is 2.87. The van der Waals surface area contributed by atoms with Crippen LogP contribution in [0.15, 0.2) is 30.3 Å². The Morgan fingerprint density at radius 2 is 1.68 bits per heavy atom. The van der Waals surface area contributed by atoms with Crippen molar-refractivity contribution in [2.24, 2.45) is 0 Å². The van der Waals surface area contributed by atoms with Gasteiger partial charge in [-0.1, -0.05) is 30.3 Å². The van der Waals surface area contributed by atoms with Crippen molar-refractivity contribution in [3.63, 3.8) is 0 Å². The van der Waals surface area contributed by atoms with Gasteiger partial charge in [-0.3, -0.25) is 0 Å². The summed E-state index contributed by atoms with van der Waals surface area (Å²) in [5.74, 6) is -1.78. The maximum absolute atomic E-state index is 11.2. The van der Waals surface area contributed by atoms with Gasteiger partial charge in [0.25, 0.3) is 0 Å². The Labute approximate surface area is 109 Å². The Hall–Kier alpha value is -1.51. The molecule has 0 fully saturated rings. The van der Waals surface area contributed by atoms with E-state index in [1.807, 2.05) is 0 Å². The van der Waals surface area contributed by atoms with Crippen molar-refractivity contribution in [2.45, 2.75) is 23.9 Å². The molecule has 0 bridgehead atoms. The van der Waals surface area contributed by atoms with Gasteiger partial charge in [-0.2, -0.15) is 0 Å². The Morgan fingerprint density at radius 1 is 1.16 bits per heavy atom. The van der Waals surface area contributed by atoms with E-state index in [9.17, 15) is 25.2 Å². The normalized spacial score (nSPS) is 19.2. The second kappa shape index (κ2) is 6.09. The highest BCUT2D eigenvalue weighted by Crippen LogP contribution is 2.28. The van der Waals surface area contributed by atoms with Crippen molar-refractivity contribution in [3.05, 3.63) is 35.9 Å². The number of rotatable bonds is 6. The molecule has 1 aromatic rings. The molecule has 0 aliphatic carbocycles. The summed E-state index contributed by atoms with van der Waals surface area (Å²) < 4.78 is 0. The molecule has 0 spiro atoms. The first-order valence-corrected chi connectivity index (χ1v) is 5.52. The lowest BCUT2D eigenvalue weighted by Crippen LogP contribution is -2.55. The summed E-state index contributed by atoms with van der Waals surface area (Å²) in [5.41, 5.74) is -2.95. The van der Waals surface area contributed by atoms with E-state index in [0.717, 1.165) is 0 Å². The second-order valence-electron chi connectivity index (χ2n) is 4.12. The number of benzene rings is 1. The number of aliphatic hydroxyl groups is 5. The number of hydrogen-bond donors (Lipinski definition) is 6. The predicted molar refractivity (Wildman–Crippen MR) is 63.1 cm³/mol. The van der Waals surface area contributed by atoms with Crippen LogP contribution in [0.25, 0.3) is 0 Å². The molecule has 1 aromatic carbocycles. The molecule has 19 heavy (non-hydrogen) atoms. The molecule has 4 atom stereocenters. The summed E-state index contributed by atoms with van der Waals surface area (Å²) in [6.45, 7) is -0.886. The molecule has 6 N–H and O–H groups in total. The fourth-order valence-corrected chi connectivity index (χ4v) is 1.68. The van der Waals surface area contributed by atoms with Crippen LogP contribution in [0.2, 0.25) is 0 Å². The molecule has 0 saturated carbocycles. The first kappa shape index (κ1) is 15.5. The van der Waals surface area contributed by atoms with Crippen LogP contribution in [0.5, 0.6) is 0 Å². The second-order valence-corrected chi connectivity index (χ2v) is 4.12. The molecule has 1 rings (SSSR count). The maximum Gasteiger partial charge on any atom is 0.343 e. The van der Waals surface area contributed by atoms with Crippen molar-refractivity contribution in [1.82, 2.24) is 0 Å². The van der Waals surface area contributed by atoms with E-state index in [0.29, 0.717) is 0 Å². The lowest BCUT2D eigenvalue weighted by molar-refractivity contribution is -0.194. The van der Waals surface area contributed by atoms with Crippen LogP contribution in [0.3, 0.4) is 0 Å². The summed E-state index contributed by atoms with van der Waals surface area (Å²) in [4.78, 5) is 11.2. The molecule has 0 aliphatic rings. The molecular formula is C12H16O7. The summed E-state index contributed by atoms with van der Waals surface area (Å²) >= 11 is 0. The Bertz CT molecular complexity index is 421. The zero-order valence-electron chi connectivity index (χ0n) is 9.92. The zero-order chi connectivity index (χ0) is 14.6. The standard InChI is InChI=1S/C12H16O7/c13-6-8(14)9(15)10(16)12(19,11(17)18)7-4-2-1-3-5-7/h1-5,8-10,13-16,19H,6H2,(H,17,18)/t8-,9-,10-,12-/m1/s1. The summed E-state index contributed by atoms with van der Waals surface area (Å²) in [7, 11) is 0.